The van der Waals surface area contributed by atoms with Gasteiger partial charge in [0.25, 0.3) is 0 Å². The SMILES string of the molecule is CCC1(C)N=C(Cl)c2ccccc2O1. The third kappa shape index (κ3) is 1.50. The van der Waals surface area contributed by atoms with Crippen molar-refractivity contribution in [3.63, 3.8) is 0 Å². The topological polar surface area (TPSA) is 21.6 Å². The average Bonchev–Trinajstić information content (AvgIpc) is 2.18. The monoisotopic (exact) mass is 209 g/mol. The zero-order valence-corrected chi connectivity index (χ0v) is 9.01. The Bertz CT molecular complexity index is 389. The van der Waals surface area contributed by atoms with Crippen LogP contribution in [0.25, 0.3) is 0 Å². The normalized spacial score (nSPS) is 24.9. The van der Waals surface area contributed by atoms with Gasteiger partial charge in [-0.2, -0.15) is 0 Å². The maximum Gasteiger partial charge on any atom is 0.198 e. The van der Waals surface area contributed by atoms with E-state index in [2.05, 4.69) is 4.99 Å². The molecule has 0 saturated carbocycles. The highest BCUT2D eigenvalue weighted by Crippen LogP contribution is 2.32. The van der Waals surface area contributed by atoms with Crippen molar-refractivity contribution in [2.75, 3.05) is 0 Å². The Morgan fingerprint density at radius 2 is 2.14 bits per heavy atom. The summed E-state index contributed by atoms with van der Waals surface area (Å²) < 4.78 is 5.77. The minimum absolute atomic E-state index is 0.508. The van der Waals surface area contributed by atoms with E-state index in [1.807, 2.05) is 38.1 Å². The third-order valence-electron chi connectivity index (χ3n) is 2.43. The molecule has 0 aliphatic carbocycles. The lowest BCUT2D eigenvalue weighted by Crippen LogP contribution is -2.33. The molecule has 0 aromatic heterocycles. The molecule has 1 atom stereocenters. The summed E-state index contributed by atoms with van der Waals surface area (Å²) in [6, 6.07) is 7.69. The first kappa shape index (κ1) is 9.53. The zero-order valence-electron chi connectivity index (χ0n) is 8.25. The molecule has 3 heteroatoms. The molecule has 74 valence electrons. The van der Waals surface area contributed by atoms with Crippen LogP contribution in [0.4, 0.5) is 0 Å². The van der Waals surface area contributed by atoms with E-state index in [1.165, 1.54) is 0 Å². The molecule has 2 nitrogen and oxygen atoms in total. The van der Waals surface area contributed by atoms with Crippen molar-refractivity contribution < 1.29 is 4.74 Å². The Balaban J connectivity index is 2.49. The Hall–Kier alpha value is -1.02. The summed E-state index contributed by atoms with van der Waals surface area (Å²) in [5.74, 6) is 0.817. The minimum Gasteiger partial charge on any atom is -0.466 e. The first-order valence-electron chi connectivity index (χ1n) is 4.68. The van der Waals surface area contributed by atoms with Crippen LogP contribution in [-0.4, -0.2) is 10.9 Å². The van der Waals surface area contributed by atoms with Crippen LogP contribution in [0.2, 0.25) is 0 Å². The Labute approximate surface area is 88.6 Å². The van der Waals surface area contributed by atoms with Crippen molar-refractivity contribution in [2.24, 2.45) is 4.99 Å². The highest BCUT2D eigenvalue weighted by atomic mass is 35.5. The molecule has 0 radical (unpaired) electrons. The zero-order chi connectivity index (χ0) is 10.2. The number of fused-ring (bicyclic) bond motifs is 1. The van der Waals surface area contributed by atoms with Gasteiger partial charge in [-0.05, 0) is 19.1 Å². The van der Waals surface area contributed by atoms with Crippen LogP contribution in [0.1, 0.15) is 25.8 Å². The summed E-state index contributed by atoms with van der Waals surface area (Å²) >= 11 is 6.08. The van der Waals surface area contributed by atoms with Gasteiger partial charge in [-0.25, -0.2) is 4.99 Å². The number of aliphatic imine (C=N–C) groups is 1. The number of benzene rings is 1. The van der Waals surface area contributed by atoms with Gasteiger partial charge in [0, 0.05) is 6.42 Å². The highest BCUT2D eigenvalue weighted by Gasteiger charge is 2.29. The molecule has 2 rings (SSSR count). The van der Waals surface area contributed by atoms with Crippen molar-refractivity contribution in [2.45, 2.75) is 26.0 Å². The molecule has 1 unspecified atom stereocenters. The second-order valence-corrected chi connectivity index (χ2v) is 3.89. The molecule has 0 saturated heterocycles. The highest BCUT2D eigenvalue weighted by molar-refractivity contribution is 6.70. The van der Waals surface area contributed by atoms with E-state index in [4.69, 9.17) is 16.3 Å². The first-order valence-corrected chi connectivity index (χ1v) is 5.06. The summed E-state index contributed by atoms with van der Waals surface area (Å²) in [4.78, 5) is 4.33. The molecule has 0 N–H and O–H groups in total. The molecule has 1 aliphatic heterocycles. The van der Waals surface area contributed by atoms with E-state index in [9.17, 15) is 0 Å². The third-order valence-corrected chi connectivity index (χ3v) is 2.72. The van der Waals surface area contributed by atoms with Crippen LogP contribution in [0.3, 0.4) is 0 Å². The minimum atomic E-state index is -0.508. The number of para-hydroxylation sites is 1. The first-order chi connectivity index (χ1) is 6.64. The predicted octanol–water partition coefficient (Wildman–Crippen LogP) is 3.19. The fraction of sp³-hybridized carbons (Fsp3) is 0.364. The molecule has 0 fully saturated rings. The van der Waals surface area contributed by atoms with Gasteiger partial charge in [-0.15, -0.1) is 0 Å². The van der Waals surface area contributed by atoms with Gasteiger partial charge in [-0.3, -0.25) is 0 Å². The van der Waals surface area contributed by atoms with Gasteiger partial charge >= 0.3 is 0 Å². The van der Waals surface area contributed by atoms with Crippen molar-refractivity contribution in [1.29, 1.82) is 0 Å². The Kier molecular flexibility index (Phi) is 2.23. The van der Waals surface area contributed by atoms with Gasteiger partial charge in [-0.1, -0.05) is 30.7 Å². The number of ether oxygens (including phenoxy) is 1. The summed E-state index contributed by atoms with van der Waals surface area (Å²) in [7, 11) is 0. The van der Waals surface area contributed by atoms with Crippen LogP contribution < -0.4 is 4.74 Å². The lowest BCUT2D eigenvalue weighted by molar-refractivity contribution is 0.0907. The largest absolute Gasteiger partial charge is 0.466 e. The number of hydrogen-bond acceptors (Lipinski definition) is 2. The van der Waals surface area contributed by atoms with Gasteiger partial charge in [0.15, 0.2) is 5.72 Å². The van der Waals surface area contributed by atoms with E-state index in [0.717, 1.165) is 17.7 Å². The predicted molar refractivity (Wildman–Crippen MR) is 58.2 cm³/mol. The fourth-order valence-electron chi connectivity index (χ4n) is 1.40. The van der Waals surface area contributed by atoms with E-state index < -0.39 is 5.72 Å². The van der Waals surface area contributed by atoms with Crippen LogP contribution in [0.15, 0.2) is 29.3 Å². The second-order valence-electron chi connectivity index (χ2n) is 3.53. The smallest absolute Gasteiger partial charge is 0.198 e. The molecule has 14 heavy (non-hydrogen) atoms. The van der Waals surface area contributed by atoms with Crippen LogP contribution >= 0.6 is 11.6 Å². The molecular formula is C11H12ClNO. The molecule has 0 bridgehead atoms. The Morgan fingerprint density at radius 1 is 1.43 bits per heavy atom. The molecule has 1 heterocycles. The lowest BCUT2D eigenvalue weighted by atomic mass is 10.1. The molecule has 1 aromatic rings. The van der Waals surface area contributed by atoms with Gasteiger partial charge in [0.1, 0.15) is 10.9 Å². The van der Waals surface area contributed by atoms with Crippen molar-refractivity contribution in [3.05, 3.63) is 29.8 Å². The maximum absolute atomic E-state index is 6.08. The molecule has 0 spiro atoms. The van der Waals surface area contributed by atoms with E-state index >= 15 is 0 Å². The van der Waals surface area contributed by atoms with Gasteiger partial charge < -0.3 is 4.74 Å². The number of rotatable bonds is 1. The summed E-state index contributed by atoms with van der Waals surface area (Å²) in [6.45, 7) is 3.97. The molecular weight excluding hydrogens is 198 g/mol. The lowest BCUT2D eigenvalue weighted by Gasteiger charge is -2.30. The van der Waals surface area contributed by atoms with E-state index in [-0.39, 0.29) is 0 Å². The molecule has 1 aliphatic rings. The van der Waals surface area contributed by atoms with Crippen LogP contribution in [-0.2, 0) is 0 Å². The van der Waals surface area contributed by atoms with Crippen molar-refractivity contribution >= 4 is 16.8 Å². The summed E-state index contributed by atoms with van der Waals surface area (Å²) in [5, 5.41) is 0.538. The second kappa shape index (κ2) is 3.28. The van der Waals surface area contributed by atoms with Gasteiger partial charge in [0.05, 0.1) is 5.56 Å². The average molecular weight is 210 g/mol. The van der Waals surface area contributed by atoms with Crippen molar-refractivity contribution in [1.82, 2.24) is 0 Å². The molecule has 1 aromatic carbocycles. The number of nitrogens with zero attached hydrogens (tertiary/aromatic N) is 1. The van der Waals surface area contributed by atoms with Crippen molar-refractivity contribution in [3.8, 4) is 5.75 Å². The van der Waals surface area contributed by atoms with Crippen LogP contribution in [0, 0.1) is 0 Å². The maximum atomic E-state index is 6.08. The van der Waals surface area contributed by atoms with E-state index in [1.54, 1.807) is 0 Å². The summed E-state index contributed by atoms with van der Waals surface area (Å²) in [5.41, 5.74) is 0.367. The fourth-order valence-corrected chi connectivity index (χ4v) is 1.74. The quantitative estimate of drug-likeness (QED) is 0.696. The Morgan fingerprint density at radius 3 is 2.86 bits per heavy atom. The summed E-state index contributed by atoms with van der Waals surface area (Å²) in [6.07, 6.45) is 0.803. The standard InChI is InChI=1S/C11H12ClNO/c1-3-11(2)13-10(12)8-6-4-5-7-9(8)14-11/h4-7H,3H2,1-2H3. The number of hydrogen-bond donors (Lipinski definition) is 0. The van der Waals surface area contributed by atoms with E-state index in [0.29, 0.717) is 5.17 Å². The molecule has 0 amide bonds. The number of halogens is 1. The van der Waals surface area contributed by atoms with Gasteiger partial charge in [0.2, 0.25) is 0 Å². The van der Waals surface area contributed by atoms with Crippen LogP contribution in [0.5, 0.6) is 5.75 Å².